The molecule has 5 nitrogen and oxygen atoms in total. The second kappa shape index (κ2) is 6.96. The summed E-state index contributed by atoms with van der Waals surface area (Å²) in [6.45, 7) is 0. The van der Waals surface area contributed by atoms with Crippen LogP contribution in [-0.2, 0) is 9.59 Å². The Balaban J connectivity index is 1.95. The number of ether oxygens (including phenoxy) is 1. The lowest BCUT2D eigenvalue weighted by atomic mass is 10.2. The number of imide groups is 1. The molecule has 0 spiro atoms. The lowest BCUT2D eigenvalue weighted by Gasteiger charge is -2.17. The van der Waals surface area contributed by atoms with Crippen LogP contribution in [0.5, 0.6) is 5.75 Å². The number of amides is 2. The van der Waals surface area contributed by atoms with Gasteiger partial charge < -0.3 is 10.1 Å². The summed E-state index contributed by atoms with van der Waals surface area (Å²) >= 11 is 17.9. The van der Waals surface area contributed by atoms with E-state index in [0.29, 0.717) is 27.2 Å². The first-order valence-corrected chi connectivity index (χ1v) is 8.21. The van der Waals surface area contributed by atoms with E-state index in [1.807, 2.05) is 0 Å². The van der Waals surface area contributed by atoms with E-state index in [0.717, 1.165) is 4.90 Å². The maximum absolute atomic E-state index is 12.7. The Hall–Kier alpha value is -2.21. The number of nitrogens with zero attached hydrogens (tertiary/aromatic N) is 1. The minimum Gasteiger partial charge on any atom is -0.495 e. The van der Waals surface area contributed by atoms with E-state index in [1.54, 1.807) is 36.4 Å². The Morgan fingerprint density at radius 3 is 2.36 bits per heavy atom. The molecule has 0 aromatic heterocycles. The fraction of sp³-hybridized carbons (Fsp3) is 0.0588. The third-order valence-electron chi connectivity index (χ3n) is 3.54. The number of halogens is 3. The predicted octanol–water partition coefficient (Wildman–Crippen LogP) is 4.44. The summed E-state index contributed by atoms with van der Waals surface area (Å²) in [5, 5.41) is 3.29. The van der Waals surface area contributed by atoms with Gasteiger partial charge in [0.05, 0.1) is 22.8 Å². The molecule has 2 amide bonds. The number of carbonyl (C=O) groups excluding carboxylic acids is 2. The highest BCUT2D eigenvalue weighted by Crippen LogP contribution is 2.36. The molecule has 0 radical (unpaired) electrons. The van der Waals surface area contributed by atoms with E-state index in [4.69, 9.17) is 39.5 Å². The highest BCUT2D eigenvalue weighted by molar-refractivity contribution is 6.53. The van der Waals surface area contributed by atoms with Crippen LogP contribution in [0, 0.1) is 0 Å². The van der Waals surface area contributed by atoms with Gasteiger partial charge in [-0.2, -0.15) is 0 Å². The van der Waals surface area contributed by atoms with Crippen LogP contribution < -0.4 is 15.0 Å². The number of methoxy groups -OCH3 is 1. The first kappa shape index (κ1) is 17.6. The number of anilines is 2. The van der Waals surface area contributed by atoms with Crippen molar-refractivity contribution in [1.29, 1.82) is 0 Å². The predicted molar refractivity (Wildman–Crippen MR) is 98.5 cm³/mol. The first-order chi connectivity index (χ1) is 11.9. The van der Waals surface area contributed by atoms with Crippen LogP contribution in [0.4, 0.5) is 11.4 Å². The molecule has 128 valence electrons. The van der Waals surface area contributed by atoms with Crippen LogP contribution in [0.3, 0.4) is 0 Å². The molecule has 0 saturated heterocycles. The maximum atomic E-state index is 12.7. The van der Waals surface area contributed by atoms with E-state index in [-0.39, 0.29) is 10.7 Å². The van der Waals surface area contributed by atoms with E-state index in [9.17, 15) is 9.59 Å². The Labute approximate surface area is 158 Å². The Bertz CT molecular complexity index is 912. The summed E-state index contributed by atoms with van der Waals surface area (Å²) in [5.74, 6) is -0.853. The fourth-order valence-electron chi connectivity index (χ4n) is 2.36. The molecule has 25 heavy (non-hydrogen) atoms. The lowest BCUT2D eigenvalue weighted by molar-refractivity contribution is -0.120. The van der Waals surface area contributed by atoms with Gasteiger partial charge in [0.15, 0.2) is 0 Å². The van der Waals surface area contributed by atoms with Gasteiger partial charge in [0.2, 0.25) is 0 Å². The topological polar surface area (TPSA) is 58.6 Å². The molecule has 1 heterocycles. The van der Waals surface area contributed by atoms with Crippen molar-refractivity contribution >= 4 is 58.0 Å². The first-order valence-electron chi connectivity index (χ1n) is 7.07. The standard InChI is InChI=1S/C17H11Cl3N2O3/c1-25-13-5-3-2-4-12(13)22-16(23)14(20)15(17(22)24)21-9-6-7-10(18)11(19)8-9/h2-8,21H,1H3. The molecule has 0 atom stereocenters. The van der Waals surface area contributed by atoms with Crippen molar-refractivity contribution in [1.82, 2.24) is 0 Å². The minimum atomic E-state index is -0.640. The van der Waals surface area contributed by atoms with E-state index < -0.39 is 11.8 Å². The van der Waals surface area contributed by atoms with Gasteiger partial charge in [-0.3, -0.25) is 9.59 Å². The third kappa shape index (κ3) is 3.18. The Kier molecular flexibility index (Phi) is 4.90. The van der Waals surface area contributed by atoms with Crippen LogP contribution in [0.25, 0.3) is 0 Å². The average molecular weight is 398 g/mol. The van der Waals surface area contributed by atoms with Gasteiger partial charge in [-0.25, -0.2) is 4.90 Å². The van der Waals surface area contributed by atoms with Crippen molar-refractivity contribution in [3.63, 3.8) is 0 Å². The molecule has 1 aliphatic heterocycles. The average Bonchev–Trinajstić information content (AvgIpc) is 2.81. The number of nitrogens with one attached hydrogen (secondary N) is 1. The molecule has 0 fully saturated rings. The van der Waals surface area contributed by atoms with Crippen LogP contribution in [0.1, 0.15) is 0 Å². The fourth-order valence-corrected chi connectivity index (χ4v) is 2.87. The van der Waals surface area contributed by atoms with Gasteiger partial charge in [0.1, 0.15) is 16.5 Å². The van der Waals surface area contributed by atoms with Gasteiger partial charge in [-0.1, -0.05) is 46.9 Å². The number of benzene rings is 2. The van der Waals surface area contributed by atoms with Gasteiger partial charge >= 0.3 is 0 Å². The van der Waals surface area contributed by atoms with Gasteiger partial charge in [0, 0.05) is 5.69 Å². The van der Waals surface area contributed by atoms with Gasteiger partial charge in [0.25, 0.3) is 11.8 Å². The number of hydrogen-bond donors (Lipinski definition) is 1. The number of para-hydroxylation sites is 2. The number of rotatable bonds is 4. The van der Waals surface area contributed by atoms with Crippen LogP contribution >= 0.6 is 34.8 Å². The smallest absolute Gasteiger partial charge is 0.283 e. The van der Waals surface area contributed by atoms with E-state index in [2.05, 4.69) is 5.32 Å². The van der Waals surface area contributed by atoms with Crippen molar-refractivity contribution < 1.29 is 14.3 Å². The number of hydrogen-bond acceptors (Lipinski definition) is 4. The van der Waals surface area contributed by atoms with Crippen LogP contribution in [-0.4, -0.2) is 18.9 Å². The minimum absolute atomic E-state index is 0.0454. The number of carbonyl (C=O) groups is 2. The highest BCUT2D eigenvalue weighted by Gasteiger charge is 2.40. The second-order valence-electron chi connectivity index (χ2n) is 5.06. The van der Waals surface area contributed by atoms with Gasteiger partial charge in [-0.05, 0) is 30.3 Å². The zero-order chi connectivity index (χ0) is 18.1. The molecule has 3 rings (SSSR count). The molecule has 0 bridgehead atoms. The van der Waals surface area contributed by atoms with Crippen LogP contribution in [0.15, 0.2) is 53.2 Å². The van der Waals surface area contributed by atoms with Gasteiger partial charge in [-0.15, -0.1) is 0 Å². The van der Waals surface area contributed by atoms with E-state index in [1.165, 1.54) is 13.2 Å². The van der Waals surface area contributed by atoms with Crippen molar-refractivity contribution in [2.24, 2.45) is 0 Å². The van der Waals surface area contributed by atoms with Crippen molar-refractivity contribution in [2.75, 3.05) is 17.3 Å². The second-order valence-corrected chi connectivity index (χ2v) is 6.25. The molecule has 0 aliphatic carbocycles. The molecule has 2 aromatic rings. The van der Waals surface area contributed by atoms with E-state index >= 15 is 0 Å². The zero-order valence-corrected chi connectivity index (χ0v) is 15.1. The Morgan fingerprint density at radius 2 is 1.68 bits per heavy atom. The lowest BCUT2D eigenvalue weighted by Crippen LogP contribution is -2.32. The quantitative estimate of drug-likeness (QED) is 0.775. The summed E-state index contributed by atoms with van der Waals surface area (Å²) in [6.07, 6.45) is 0. The summed E-state index contributed by atoms with van der Waals surface area (Å²) in [5.41, 5.74) is 0.741. The molecule has 1 N–H and O–H groups in total. The summed E-state index contributed by atoms with van der Waals surface area (Å²) in [6, 6.07) is 11.4. The summed E-state index contributed by atoms with van der Waals surface area (Å²) in [4.78, 5) is 26.2. The summed E-state index contributed by atoms with van der Waals surface area (Å²) in [7, 11) is 1.45. The molecule has 0 unspecified atom stereocenters. The largest absolute Gasteiger partial charge is 0.495 e. The molecule has 0 saturated carbocycles. The molecular formula is C17H11Cl3N2O3. The normalized spacial score (nSPS) is 14.3. The Morgan fingerprint density at radius 1 is 0.960 bits per heavy atom. The molecular weight excluding hydrogens is 387 g/mol. The van der Waals surface area contributed by atoms with Crippen molar-refractivity contribution in [2.45, 2.75) is 0 Å². The zero-order valence-electron chi connectivity index (χ0n) is 12.8. The summed E-state index contributed by atoms with van der Waals surface area (Å²) < 4.78 is 5.21. The van der Waals surface area contributed by atoms with Crippen molar-refractivity contribution in [3.8, 4) is 5.75 Å². The SMILES string of the molecule is COc1ccccc1N1C(=O)C(Cl)=C(Nc2ccc(Cl)c(Cl)c2)C1=O. The molecule has 8 heteroatoms. The van der Waals surface area contributed by atoms with Crippen LogP contribution in [0.2, 0.25) is 10.0 Å². The molecule has 1 aliphatic rings. The van der Waals surface area contributed by atoms with Crippen molar-refractivity contribution in [3.05, 3.63) is 63.2 Å². The third-order valence-corrected chi connectivity index (χ3v) is 4.63. The monoisotopic (exact) mass is 396 g/mol. The highest BCUT2D eigenvalue weighted by atomic mass is 35.5. The molecule has 2 aromatic carbocycles. The maximum Gasteiger partial charge on any atom is 0.283 e.